The number of hydrogen-bond donors (Lipinski definition) is 0. The van der Waals surface area contributed by atoms with Gasteiger partial charge in [-0.15, -0.1) is 0 Å². The third kappa shape index (κ3) is 3.91. The second-order valence-electron chi connectivity index (χ2n) is 4.47. The summed E-state index contributed by atoms with van der Waals surface area (Å²) in [6.45, 7) is 0. The molecule has 0 spiro atoms. The van der Waals surface area contributed by atoms with Gasteiger partial charge < -0.3 is 9.47 Å². The fourth-order valence-corrected chi connectivity index (χ4v) is 2.04. The fraction of sp³-hybridized carbons (Fsp3) is 0. The number of nitrogens with zero attached hydrogens (tertiary/aromatic N) is 1. The molecule has 0 saturated heterocycles. The van der Waals surface area contributed by atoms with E-state index in [0.717, 1.165) is 0 Å². The lowest BCUT2D eigenvalue weighted by molar-refractivity contribution is 0.456. The van der Waals surface area contributed by atoms with Crippen LogP contribution in [0.4, 0.5) is 0 Å². The lowest BCUT2D eigenvalue weighted by Gasteiger charge is -2.08. The predicted molar refractivity (Wildman–Crippen MR) is 87.3 cm³/mol. The zero-order valence-electron chi connectivity index (χ0n) is 11.4. The standard InChI is InChI=1S/C17H11Cl2NO2/c18-12-1-5-14(6-2-12)21-16-9-17(11-20-10-16)22-15-7-3-13(19)4-8-15/h1-11H. The Bertz CT molecular complexity index is 696. The van der Waals surface area contributed by atoms with Crippen molar-refractivity contribution in [2.45, 2.75) is 0 Å². The van der Waals surface area contributed by atoms with Gasteiger partial charge in [0.05, 0.1) is 12.4 Å². The SMILES string of the molecule is Clc1ccc(Oc2cncc(Oc3ccc(Cl)cc3)c2)cc1. The van der Waals surface area contributed by atoms with E-state index in [2.05, 4.69) is 4.98 Å². The van der Waals surface area contributed by atoms with Crippen molar-refractivity contribution >= 4 is 23.2 Å². The van der Waals surface area contributed by atoms with Gasteiger partial charge in [-0.2, -0.15) is 0 Å². The van der Waals surface area contributed by atoms with E-state index in [0.29, 0.717) is 33.0 Å². The third-order valence-electron chi connectivity index (χ3n) is 2.79. The third-order valence-corrected chi connectivity index (χ3v) is 3.29. The summed E-state index contributed by atoms with van der Waals surface area (Å²) in [5, 5.41) is 1.32. The molecule has 1 aromatic heterocycles. The van der Waals surface area contributed by atoms with E-state index in [1.54, 1.807) is 67.0 Å². The van der Waals surface area contributed by atoms with Gasteiger partial charge >= 0.3 is 0 Å². The Labute approximate surface area is 138 Å². The first-order valence-corrected chi connectivity index (χ1v) is 7.26. The Kier molecular flexibility index (Phi) is 4.47. The molecule has 3 nitrogen and oxygen atoms in total. The Hall–Kier alpha value is -2.23. The number of halogens is 2. The van der Waals surface area contributed by atoms with Crippen molar-refractivity contribution in [2.24, 2.45) is 0 Å². The molecule has 3 aromatic rings. The first kappa shape index (κ1) is 14.7. The van der Waals surface area contributed by atoms with Crippen LogP contribution in [-0.4, -0.2) is 4.98 Å². The molecule has 110 valence electrons. The summed E-state index contributed by atoms with van der Waals surface area (Å²) in [6.07, 6.45) is 3.23. The van der Waals surface area contributed by atoms with Crippen molar-refractivity contribution in [2.75, 3.05) is 0 Å². The number of benzene rings is 2. The van der Waals surface area contributed by atoms with Gasteiger partial charge in [-0.05, 0) is 48.5 Å². The van der Waals surface area contributed by atoms with Crippen LogP contribution in [0.2, 0.25) is 10.0 Å². The lowest BCUT2D eigenvalue weighted by atomic mass is 10.3. The van der Waals surface area contributed by atoms with Crippen LogP contribution in [0.1, 0.15) is 0 Å². The van der Waals surface area contributed by atoms with E-state index in [1.807, 2.05) is 0 Å². The Balaban J connectivity index is 1.74. The summed E-state index contributed by atoms with van der Waals surface area (Å²) in [5.74, 6) is 2.51. The van der Waals surface area contributed by atoms with E-state index in [-0.39, 0.29) is 0 Å². The first-order valence-electron chi connectivity index (χ1n) is 6.51. The maximum atomic E-state index is 5.84. The largest absolute Gasteiger partial charge is 0.456 e. The number of ether oxygens (including phenoxy) is 2. The molecule has 0 amide bonds. The van der Waals surface area contributed by atoms with E-state index in [9.17, 15) is 0 Å². The molecule has 1 heterocycles. The van der Waals surface area contributed by atoms with Crippen LogP contribution in [0, 0.1) is 0 Å². The normalized spacial score (nSPS) is 10.3. The number of aromatic nitrogens is 1. The van der Waals surface area contributed by atoms with Crippen LogP contribution in [0.5, 0.6) is 23.0 Å². The highest BCUT2D eigenvalue weighted by Crippen LogP contribution is 2.28. The van der Waals surface area contributed by atoms with Crippen LogP contribution in [0.3, 0.4) is 0 Å². The first-order chi connectivity index (χ1) is 10.7. The van der Waals surface area contributed by atoms with Crippen LogP contribution in [0.15, 0.2) is 67.0 Å². The van der Waals surface area contributed by atoms with Crippen molar-refractivity contribution in [3.05, 3.63) is 77.0 Å². The molecule has 0 unspecified atom stereocenters. The molecule has 0 atom stereocenters. The molecule has 3 rings (SSSR count). The van der Waals surface area contributed by atoms with Crippen LogP contribution in [-0.2, 0) is 0 Å². The molecule has 0 saturated carbocycles. The van der Waals surface area contributed by atoms with Crippen LogP contribution >= 0.6 is 23.2 Å². The highest BCUT2D eigenvalue weighted by atomic mass is 35.5. The van der Waals surface area contributed by atoms with Crippen molar-refractivity contribution in [3.8, 4) is 23.0 Å². The molecule has 0 aliphatic heterocycles. The lowest BCUT2D eigenvalue weighted by Crippen LogP contribution is -1.88. The van der Waals surface area contributed by atoms with Gasteiger partial charge in [0.25, 0.3) is 0 Å². The van der Waals surface area contributed by atoms with E-state index in [4.69, 9.17) is 32.7 Å². The summed E-state index contributed by atoms with van der Waals surface area (Å²) >= 11 is 11.7. The number of rotatable bonds is 4. The highest BCUT2D eigenvalue weighted by Gasteiger charge is 2.03. The van der Waals surface area contributed by atoms with Crippen molar-refractivity contribution in [1.29, 1.82) is 0 Å². The average molecular weight is 332 g/mol. The molecule has 0 aliphatic carbocycles. The Morgan fingerprint density at radius 3 is 1.41 bits per heavy atom. The quantitative estimate of drug-likeness (QED) is 0.589. The minimum absolute atomic E-state index is 0.578. The van der Waals surface area contributed by atoms with Crippen molar-refractivity contribution in [1.82, 2.24) is 4.98 Å². The van der Waals surface area contributed by atoms with Gasteiger partial charge in [-0.1, -0.05) is 23.2 Å². The molecular weight excluding hydrogens is 321 g/mol. The summed E-state index contributed by atoms with van der Waals surface area (Å²) in [6, 6.07) is 16.0. The van der Waals surface area contributed by atoms with Crippen LogP contribution in [0.25, 0.3) is 0 Å². The second kappa shape index (κ2) is 6.69. The van der Waals surface area contributed by atoms with Gasteiger partial charge in [0, 0.05) is 16.1 Å². The molecular formula is C17H11Cl2NO2. The van der Waals surface area contributed by atoms with Gasteiger partial charge in [-0.3, -0.25) is 4.98 Å². The zero-order chi connectivity index (χ0) is 15.4. The maximum Gasteiger partial charge on any atom is 0.149 e. The van der Waals surface area contributed by atoms with E-state index >= 15 is 0 Å². The maximum absolute atomic E-state index is 5.84. The second-order valence-corrected chi connectivity index (χ2v) is 5.34. The molecule has 0 radical (unpaired) electrons. The minimum Gasteiger partial charge on any atom is -0.456 e. The van der Waals surface area contributed by atoms with Crippen molar-refractivity contribution in [3.63, 3.8) is 0 Å². The summed E-state index contributed by atoms with van der Waals surface area (Å²) < 4.78 is 11.4. The van der Waals surface area contributed by atoms with Gasteiger partial charge in [0.15, 0.2) is 0 Å². The van der Waals surface area contributed by atoms with Gasteiger partial charge in [0.1, 0.15) is 23.0 Å². The van der Waals surface area contributed by atoms with Gasteiger partial charge in [-0.25, -0.2) is 0 Å². The Morgan fingerprint density at radius 1 is 0.591 bits per heavy atom. The summed E-state index contributed by atoms with van der Waals surface area (Å²) in [7, 11) is 0. The smallest absolute Gasteiger partial charge is 0.149 e. The molecule has 5 heteroatoms. The van der Waals surface area contributed by atoms with Crippen LogP contribution < -0.4 is 9.47 Å². The Morgan fingerprint density at radius 2 is 1.00 bits per heavy atom. The average Bonchev–Trinajstić information content (AvgIpc) is 2.52. The molecule has 0 N–H and O–H groups in total. The predicted octanol–water partition coefficient (Wildman–Crippen LogP) is 5.97. The molecule has 0 aliphatic rings. The van der Waals surface area contributed by atoms with Crippen molar-refractivity contribution < 1.29 is 9.47 Å². The fourth-order valence-electron chi connectivity index (χ4n) is 1.79. The number of hydrogen-bond acceptors (Lipinski definition) is 3. The van der Waals surface area contributed by atoms with E-state index in [1.165, 1.54) is 0 Å². The molecule has 0 bridgehead atoms. The zero-order valence-corrected chi connectivity index (χ0v) is 12.9. The molecule has 0 fully saturated rings. The molecule has 22 heavy (non-hydrogen) atoms. The minimum atomic E-state index is 0.578. The monoisotopic (exact) mass is 331 g/mol. The van der Waals surface area contributed by atoms with Gasteiger partial charge in [0.2, 0.25) is 0 Å². The topological polar surface area (TPSA) is 31.4 Å². The summed E-state index contributed by atoms with van der Waals surface area (Å²) in [5.41, 5.74) is 0. The molecule has 2 aromatic carbocycles. The van der Waals surface area contributed by atoms with E-state index < -0.39 is 0 Å². The summed E-state index contributed by atoms with van der Waals surface area (Å²) in [4.78, 5) is 4.11. The number of pyridine rings is 1. The highest BCUT2D eigenvalue weighted by molar-refractivity contribution is 6.30.